The Morgan fingerprint density at radius 3 is 2.35 bits per heavy atom. The molecule has 0 saturated carbocycles. The smallest absolute Gasteiger partial charge is 0.326 e. The highest BCUT2D eigenvalue weighted by atomic mass is 16.4. The number of carbonyl (C=O) groups is 3. The summed E-state index contributed by atoms with van der Waals surface area (Å²) in [7, 11) is 1.72. The van der Waals surface area contributed by atoms with Crippen LogP contribution >= 0.6 is 0 Å². The van der Waals surface area contributed by atoms with E-state index in [-0.39, 0.29) is 5.92 Å². The number of rotatable bonds is 5. The van der Waals surface area contributed by atoms with E-state index in [9.17, 15) is 9.90 Å². The molecule has 1 atom stereocenters. The third kappa shape index (κ3) is 4.92. The Morgan fingerprint density at radius 2 is 1.77 bits per heavy atom. The highest BCUT2D eigenvalue weighted by molar-refractivity contribution is 6.07. The molecule has 0 bridgehead atoms. The summed E-state index contributed by atoms with van der Waals surface area (Å²) in [5.74, 6) is -0.375. The molecule has 10 heteroatoms. The fraction of sp³-hybridized carbons (Fsp3) is 0.238. The van der Waals surface area contributed by atoms with E-state index in [0.29, 0.717) is 17.1 Å². The molecule has 0 saturated heterocycles. The topological polar surface area (TPSA) is 140 Å². The largest absolute Gasteiger partial charge is 0.480 e. The summed E-state index contributed by atoms with van der Waals surface area (Å²) >= 11 is 0. The quantitative estimate of drug-likeness (QED) is 0.494. The Hall–Kier alpha value is -4.08. The molecule has 0 amide bonds. The molecule has 2 aromatic heterocycles. The minimum Gasteiger partial charge on any atom is -0.480 e. The van der Waals surface area contributed by atoms with Gasteiger partial charge in [0.25, 0.3) is 0 Å². The molecule has 1 unspecified atom stereocenters. The molecule has 2 heterocycles. The standard InChI is InChI=1S/C19H19N5O3.2CH2O/c1-10(2)17(19(25)26)20-12-5-6-13-14-8-11(18-21-23-24(3)22-18)4-7-15(14)27-16(13)9-12;2*1-2/h4-10,17,20H,1-3H3,(H,25,26);2*1H2. The van der Waals surface area contributed by atoms with Crippen molar-refractivity contribution in [2.24, 2.45) is 13.0 Å². The molecule has 0 aliphatic carbocycles. The first-order valence-electron chi connectivity index (χ1n) is 9.20. The zero-order chi connectivity index (χ0) is 23.1. The molecule has 0 fully saturated rings. The van der Waals surface area contributed by atoms with Gasteiger partial charge in [0.2, 0.25) is 5.82 Å². The fourth-order valence-corrected chi connectivity index (χ4v) is 3.10. The van der Waals surface area contributed by atoms with E-state index in [1.165, 1.54) is 4.80 Å². The maximum Gasteiger partial charge on any atom is 0.326 e. The number of aryl methyl sites for hydroxylation is 1. The lowest BCUT2D eigenvalue weighted by atomic mass is 10.0. The van der Waals surface area contributed by atoms with Gasteiger partial charge in [-0.05, 0) is 41.5 Å². The monoisotopic (exact) mass is 425 g/mol. The van der Waals surface area contributed by atoms with Crippen molar-refractivity contribution < 1.29 is 23.9 Å². The predicted octanol–water partition coefficient (Wildman–Crippen LogP) is 2.93. The van der Waals surface area contributed by atoms with E-state index in [1.54, 1.807) is 7.05 Å². The number of benzene rings is 2. The van der Waals surface area contributed by atoms with Gasteiger partial charge in [0.15, 0.2) is 0 Å². The second-order valence-corrected chi connectivity index (χ2v) is 6.83. The lowest BCUT2D eigenvalue weighted by Crippen LogP contribution is -2.34. The Balaban J connectivity index is 0.000000807. The van der Waals surface area contributed by atoms with E-state index in [0.717, 1.165) is 21.9 Å². The van der Waals surface area contributed by atoms with Crippen LogP contribution in [0.25, 0.3) is 33.3 Å². The fourth-order valence-electron chi connectivity index (χ4n) is 3.10. The SMILES string of the molecule is C=O.C=O.CC(C)C(Nc1ccc2c(c1)oc1ccc(-c3nnn(C)n3)cc12)C(=O)O. The number of fused-ring (bicyclic) bond motifs is 3. The Kier molecular flexibility index (Phi) is 7.56. The third-order valence-electron chi connectivity index (χ3n) is 4.49. The van der Waals surface area contributed by atoms with Crippen LogP contribution in [0.5, 0.6) is 0 Å². The molecule has 10 nitrogen and oxygen atoms in total. The second-order valence-electron chi connectivity index (χ2n) is 6.83. The summed E-state index contributed by atoms with van der Waals surface area (Å²) in [5, 5.41) is 26.5. The Labute approximate surface area is 177 Å². The molecule has 31 heavy (non-hydrogen) atoms. The lowest BCUT2D eigenvalue weighted by molar-refractivity contribution is -0.138. The molecule has 0 aliphatic rings. The summed E-state index contributed by atoms with van der Waals surface area (Å²) in [6, 6.07) is 10.7. The number of nitrogens with zero attached hydrogens (tertiary/aromatic N) is 4. The number of hydrogen-bond donors (Lipinski definition) is 2. The van der Waals surface area contributed by atoms with Crippen molar-refractivity contribution in [2.45, 2.75) is 19.9 Å². The maximum absolute atomic E-state index is 11.4. The number of aromatic nitrogens is 4. The van der Waals surface area contributed by atoms with Gasteiger partial charge in [0.05, 0.1) is 7.05 Å². The van der Waals surface area contributed by atoms with Crippen LogP contribution in [-0.2, 0) is 21.4 Å². The van der Waals surface area contributed by atoms with Gasteiger partial charge in [-0.3, -0.25) is 0 Å². The summed E-state index contributed by atoms with van der Waals surface area (Å²) in [4.78, 5) is 28.8. The molecule has 162 valence electrons. The number of aliphatic carboxylic acids is 1. The average molecular weight is 425 g/mol. The number of carbonyl (C=O) groups excluding carboxylic acids is 2. The van der Waals surface area contributed by atoms with Crippen molar-refractivity contribution in [2.75, 3.05) is 5.32 Å². The number of carboxylic acids is 1. The Bertz CT molecular complexity index is 1180. The van der Waals surface area contributed by atoms with Crippen molar-refractivity contribution in [3.8, 4) is 11.4 Å². The van der Waals surface area contributed by atoms with Crippen LogP contribution in [0.3, 0.4) is 0 Å². The van der Waals surface area contributed by atoms with Gasteiger partial charge in [0, 0.05) is 28.1 Å². The summed E-state index contributed by atoms with van der Waals surface area (Å²) in [6.45, 7) is 7.74. The minimum absolute atomic E-state index is 0.0455. The van der Waals surface area contributed by atoms with E-state index >= 15 is 0 Å². The van der Waals surface area contributed by atoms with Gasteiger partial charge < -0.3 is 24.4 Å². The molecule has 4 aromatic rings. The van der Waals surface area contributed by atoms with Crippen molar-refractivity contribution in [1.82, 2.24) is 20.2 Å². The van der Waals surface area contributed by atoms with Crippen LogP contribution in [0, 0.1) is 5.92 Å². The first kappa shape index (κ1) is 23.2. The van der Waals surface area contributed by atoms with E-state index in [4.69, 9.17) is 14.0 Å². The van der Waals surface area contributed by atoms with Gasteiger partial charge in [-0.1, -0.05) is 13.8 Å². The summed E-state index contributed by atoms with van der Waals surface area (Å²) in [6.07, 6.45) is 0. The molecule has 0 aliphatic heterocycles. The number of hydrogen-bond acceptors (Lipinski definition) is 8. The van der Waals surface area contributed by atoms with E-state index in [1.807, 2.05) is 63.8 Å². The molecule has 0 spiro atoms. The Morgan fingerprint density at radius 1 is 1.06 bits per heavy atom. The minimum atomic E-state index is -0.879. The van der Waals surface area contributed by atoms with Crippen LogP contribution < -0.4 is 5.32 Å². The van der Waals surface area contributed by atoms with Crippen LogP contribution in [0.2, 0.25) is 0 Å². The molecular formula is C21H23N5O5. The van der Waals surface area contributed by atoms with Gasteiger partial charge in [-0.15, -0.1) is 10.2 Å². The third-order valence-corrected chi connectivity index (χ3v) is 4.49. The van der Waals surface area contributed by atoms with Crippen LogP contribution in [0.1, 0.15) is 13.8 Å². The van der Waals surface area contributed by atoms with Crippen molar-refractivity contribution >= 4 is 47.2 Å². The average Bonchev–Trinajstić information content (AvgIpc) is 3.36. The van der Waals surface area contributed by atoms with Crippen molar-refractivity contribution in [1.29, 1.82) is 0 Å². The van der Waals surface area contributed by atoms with Gasteiger partial charge in [0.1, 0.15) is 30.8 Å². The molecule has 2 N–H and O–H groups in total. The second kappa shape index (κ2) is 10.1. The molecule has 0 radical (unpaired) electrons. The number of carboxylic acid groups (broad SMARTS) is 1. The molecule has 2 aromatic carbocycles. The van der Waals surface area contributed by atoms with Crippen LogP contribution in [0.15, 0.2) is 40.8 Å². The van der Waals surface area contributed by atoms with Crippen LogP contribution in [0.4, 0.5) is 5.69 Å². The lowest BCUT2D eigenvalue weighted by Gasteiger charge is -2.19. The number of nitrogens with one attached hydrogen (secondary N) is 1. The summed E-state index contributed by atoms with van der Waals surface area (Å²) < 4.78 is 5.94. The van der Waals surface area contributed by atoms with Gasteiger partial charge in [-0.2, -0.15) is 4.80 Å². The zero-order valence-corrected chi connectivity index (χ0v) is 17.4. The number of furan rings is 1. The van der Waals surface area contributed by atoms with E-state index < -0.39 is 12.0 Å². The van der Waals surface area contributed by atoms with Gasteiger partial charge >= 0.3 is 5.97 Å². The number of anilines is 1. The van der Waals surface area contributed by atoms with Crippen LogP contribution in [-0.4, -0.2) is 50.9 Å². The highest BCUT2D eigenvalue weighted by Crippen LogP contribution is 2.33. The van der Waals surface area contributed by atoms with Crippen molar-refractivity contribution in [3.05, 3.63) is 36.4 Å². The number of tetrazole rings is 1. The zero-order valence-electron chi connectivity index (χ0n) is 17.4. The van der Waals surface area contributed by atoms with Crippen molar-refractivity contribution in [3.63, 3.8) is 0 Å². The normalized spacial score (nSPS) is 11.4. The van der Waals surface area contributed by atoms with Gasteiger partial charge in [-0.25, -0.2) is 4.79 Å². The van der Waals surface area contributed by atoms with E-state index in [2.05, 4.69) is 20.7 Å². The maximum atomic E-state index is 11.4. The highest BCUT2D eigenvalue weighted by Gasteiger charge is 2.21. The molecule has 4 rings (SSSR count). The summed E-state index contributed by atoms with van der Waals surface area (Å²) in [5.41, 5.74) is 2.99. The first-order valence-corrected chi connectivity index (χ1v) is 9.20. The first-order chi connectivity index (χ1) is 14.9. The molecular weight excluding hydrogens is 402 g/mol. The predicted molar refractivity (Wildman–Crippen MR) is 116 cm³/mol.